The van der Waals surface area contributed by atoms with Crippen LogP contribution in [0.25, 0.3) is 11.3 Å². The molecule has 10 heteroatoms. The van der Waals surface area contributed by atoms with Crippen LogP contribution in [0.2, 0.25) is 0 Å². The fourth-order valence-electron chi connectivity index (χ4n) is 4.95. The van der Waals surface area contributed by atoms with E-state index in [0.717, 1.165) is 32.9 Å². The monoisotopic (exact) mass is 501 g/mol. The second kappa shape index (κ2) is 9.85. The predicted molar refractivity (Wildman–Crippen MR) is 125 cm³/mol. The largest absolute Gasteiger partial charge is 2.00 e. The Bertz CT molecular complexity index is 1190. The third-order valence-electron chi connectivity index (χ3n) is 6.54. The first-order valence-electron chi connectivity index (χ1n) is 10.8. The zero-order valence-electron chi connectivity index (χ0n) is 19.4. The van der Waals surface area contributed by atoms with E-state index in [1.807, 2.05) is 13.8 Å². The van der Waals surface area contributed by atoms with E-state index in [0.29, 0.717) is 25.0 Å². The molecule has 172 valence electrons. The van der Waals surface area contributed by atoms with E-state index in [9.17, 15) is 22.7 Å². The van der Waals surface area contributed by atoms with Crippen LogP contribution in [0.1, 0.15) is 61.8 Å². The molecule has 0 radical (unpaired) electrons. The molecule has 1 aromatic heterocycles. The van der Waals surface area contributed by atoms with Gasteiger partial charge in [0.25, 0.3) is 0 Å². The van der Waals surface area contributed by atoms with Crippen molar-refractivity contribution in [1.82, 2.24) is 9.97 Å². The normalized spacial score (nSPS) is 22.4. The third kappa shape index (κ3) is 5.27. The molecule has 1 heterocycles. The smallest absolute Gasteiger partial charge is 0.393 e. The van der Waals surface area contributed by atoms with Crippen LogP contribution in [0.3, 0.4) is 0 Å². The number of Topliss-reactive ketones (excluding diaryl/α,β-unsaturated/α-hetero) is 1. The van der Waals surface area contributed by atoms with Crippen molar-refractivity contribution < 1.29 is 22.7 Å². The SMILES string of the molecule is CC(C)c1nc(N(C)S(C)(=O)=O)nc2c1C[C@@H](C1CC(=O)C[C@H](O)C1)c1cc(F)ccc1-2.[Ca+2]. The number of carbonyl (C=O) groups is 1. The molecule has 1 fully saturated rings. The molecule has 33 heavy (non-hydrogen) atoms. The summed E-state index contributed by atoms with van der Waals surface area (Å²) < 4.78 is 39.6. The van der Waals surface area contributed by atoms with Crippen molar-refractivity contribution in [2.45, 2.75) is 57.5 Å². The maximum Gasteiger partial charge on any atom is 2.00 e. The zero-order valence-corrected chi connectivity index (χ0v) is 22.4. The number of aliphatic hydroxyl groups excluding tert-OH is 1. The molecule has 7 nitrogen and oxygen atoms in total. The van der Waals surface area contributed by atoms with E-state index < -0.39 is 16.1 Å². The first kappa shape index (κ1) is 26.5. The Kier molecular flexibility index (Phi) is 7.90. The molecule has 3 atom stereocenters. The topological polar surface area (TPSA) is 100 Å². The summed E-state index contributed by atoms with van der Waals surface area (Å²) >= 11 is 0. The molecule has 1 aromatic carbocycles. The number of aliphatic hydroxyl groups is 1. The number of fused-ring (bicyclic) bond motifs is 3. The number of ketones is 1. The summed E-state index contributed by atoms with van der Waals surface area (Å²) in [6.07, 6.45) is 1.90. The van der Waals surface area contributed by atoms with Crippen molar-refractivity contribution in [1.29, 1.82) is 0 Å². The summed E-state index contributed by atoms with van der Waals surface area (Å²) in [6.45, 7) is 3.96. The summed E-state index contributed by atoms with van der Waals surface area (Å²) in [5.74, 6) is -0.564. The molecule has 4 rings (SSSR count). The van der Waals surface area contributed by atoms with Crippen LogP contribution in [0.4, 0.5) is 10.3 Å². The standard InChI is InChI=1S/C23H28FN3O4S.Ca/c1-12(2)21-20-11-18(13-7-15(28)10-16(29)8-13)19-9-14(24)5-6-17(19)22(20)26-23(25-21)27(3)32(4,30)31;/h5-6,9,12-13,15,18,28H,7-8,10-11H2,1-4H3;/q;+2/t13?,15-,18+;/m1./s1. The molecule has 2 aliphatic carbocycles. The summed E-state index contributed by atoms with van der Waals surface area (Å²) in [5.41, 5.74) is 3.69. The summed E-state index contributed by atoms with van der Waals surface area (Å²) in [4.78, 5) is 21.4. The number of carbonyl (C=O) groups excluding carboxylic acids is 1. The number of anilines is 1. The van der Waals surface area contributed by atoms with Gasteiger partial charge in [-0.25, -0.2) is 27.1 Å². The molecular formula is C23H28CaFN3O4S+2. The molecule has 2 aliphatic rings. The van der Waals surface area contributed by atoms with Crippen LogP contribution in [-0.4, -0.2) is 86.4 Å². The first-order valence-corrected chi connectivity index (χ1v) is 12.6. The van der Waals surface area contributed by atoms with Crippen LogP contribution < -0.4 is 4.31 Å². The Balaban J connectivity index is 0.00000306. The quantitative estimate of drug-likeness (QED) is 0.647. The minimum atomic E-state index is -3.57. The summed E-state index contributed by atoms with van der Waals surface area (Å²) in [6, 6.07) is 4.51. The van der Waals surface area contributed by atoms with Gasteiger partial charge in [0.05, 0.1) is 23.7 Å². The maximum atomic E-state index is 14.3. The summed E-state index contributed by atoms with van der Waals surface area (Å²) in [7, 11) is -2.16. The second-order valence-corrected chi connectivity index (χ2v) is 11.3. The second-order valence-electron chi connectivity index (χ2n) is 9.26. The molecular weight excluding hydrogens is 473 g/mol. The van der Waals surface area contributed by atoms with E-state index in [4.69, 9.17) is 0 Å². The van der Waals surface area contributed by atoms with Gasteiger partial charge in [0.15, 0.2) is 0 Å². The van der Waals surface area contributed by atoms with Gasteiger partial charge in [-0.05, 0) is 54.4 Å². The molecule has 0 spiro atoms. The van der Waals surface area contributed by atoms with Crippen molar-refractivity contribution in [2.75, 3.05) is 17.6 Å². The van der Waals surface area contributed by atoms with E-state index in [1.54, 1.807) is 6.07 Å². The van der Waals surface area contributed by atoms with E-state index >= 15 is 0 Å². The van der Waals surface area contributed by atoms with Gasteiger partial charge >= 0.3 is 37.7 Å². The number of benzene rings is 1. The minimum absolute atomic E-state index is 0. The van der Waals surface area contributed by atoms with Gasteiger partial charge in [-0.2, -0.15) is 0 Å². The third-order valence-corrected chi connectivity index (χ3v) is 7.70. The number of hydrogen-bond acceptors (Lipinski definition) is 6. The first-order chi connectivity index (χ1) is 15.0. The summed E-state index contributed by atoms with van der Waals surface area (Å²) in [5, 5.41) is 10.2. The average Bonchev–Trinajstić information content (AvgIpc) is 2.70. The van der Waals surface area contributed by atoms with Gasteiger partial charge < -0.3 is 5.11 Å². The zero-order chi connectivity index (χ0) is 23.4. The van der Waals surface area contributed by atoms with E-state index in [-0.39, 0.29) is 79.5 Å². The Morgan fingerprint density at radius 2 is 1.88 bits per heavy atom. The van der Waals surface area contributed by atoms with Crippen molar-refractivity contribution in [3.05, 3.63) is 40.8 Å². The molecule has 1 N–H and O–H groups in total. The average molecular weight is 502 g/mol. The number of aromatic nitrogens is 2. The van der Waals surface area contributed by atoms with Crippen molar-refractivity contribution >= 4 is 59.5 Å². The maximum absolute atomic E-state index is 14.3. The number of hydrogen-bond donors (Lipinski definition) is 1. The number of nitrogens with zero attached hydrogens (tertiary/aromatic N) is 3. The Morgan fingerprint density at radius 3 is 2.48 bits per heavy atom. The predicted octanol–water partition coefficient (Wildman–Crippen LogP) is 2.79. The van der Waals surface area contributed by atoms with Gasteiger partial charge in [0.2, 0.25) is 16.0 Å². The van der Waals surface area contributed by atoms with Crippen molar-refractivity contribution in [2.24, 2.45) is 5.92 Å². The Morgan fingerprint density at radius 1 is 1.18 bits per heavy atom. The fraction of sp³-hybridized carbons (Fsp3) is 0.522. The van der Waals surface area contributed by atoms with Crippen LogP contribution in [-0.2, 0) is 21.2 Å². The van der Waals surface area contributed by atoms with Gasteiger partial charge in [0.1, 0.15) is 11.6 Å². The van der Waals surface area contributed by atoms with Gasteiger partial charge in [-0.15, -0.1) is 0 Å². The van der Waals surface area contributed by atoms with Crippen LogP contribution >= 0.6 is 0 Å². The molecule has 0 bridgehead atoms. The number of sulfonamides is 1. The molecule has 1 saturated carbocycles. The van der Waals surface area contributed by atoms with Crippen LogP contribution in [0.15, 0.2) is 18.2 Å². The van der Waals surface area contributed by atoms with Gasteiger partial charge in [0, 0.05) is 31.0 Å². The Labute approximate surface area is 223 Å². The molecule has 0 aliphatic heterocycles. The molecule has 1 unspecified atom stereocenters. The van der Waals surface area contributed by atoms with Crippen LogP contribution in [0.5, 0.6) is 0 Å². The van der Waals surface area contributed by atoms with Crippen molar-refractivity contribution in [3.63, 3.8) is 0 Å². The van der Waals surface area contributed by atoms with Crippen LogP contribution in [0, 0.1) is 11.7 Å². The van der Waals surface area contributed by atoms with Gasteiger partial charge in [-0.3, -0.25) is 4.79 Å². The van der Waals surface area contributed by atoms with Crippen molar-refractivity contribution in [3.8, 4) is 11.3 Å². The van der Waals surface area contributed by atoms with E-state index in [1.165, 1.54) is 19.2 Å². The van der Waals surface area contributed by atoms with Gasteiger partial charge in [-0.1, -0.05) is 13.8 Å². The molecule has 0 amide bonds. The number of rotatable bonds is 4. The molecule has 0 saturated heterocycles. The van der Waals surface area contributed by atoms with E-state index in [2.05, 4.69) is 9.97 Å². The Hall–Kier alpha value is -1.13. The fourth-order valence-corrected chi connectivity index (χ4v) is 5.33. The molecule has 2 aromatic rings. The number of halogens is 1. The minimum Gasteiger partial charge on any atom is -0.393 e.